The van der Waals surface area contributed by atoms with Crippen LogP contribution in [0.5, 0.6) is 0 Å². The van der Waals surface area contributed by atoms with E-state index in [1.54, 1.807) is 18.2 Å². The van der Waals surface area contributed by atoms with Crippen molar-refractivity contribution in [2.24, 2.45) is 0 Å². The van der Waals surface area contributed by atoms with Crippen molar-refractivity contribution in [3.05, 3.63) is 71.3 Å². The van der Waals surface area contributed by atoms with E-state index in [0.29, 0.717) is 0 Å². The third-order valence-corrected chi connectivity index (χ3v) is 2.67. The maximum Gasteiger partial charge on any atom is 0.336 e. The minimum atomic E-state index is -1.08. The minimum absolute atomic E-state index is 0.0541. The molecule has 0 aliphatic heterocycles. The third-order valence-electron chi connectivity index (χ3n) is 2.67. The summed E-state index contributed by atoms with van der Waals surface area (Å²) in [6.45, 7) is 8.00. The van der Waals surface area contributed by atoms with Crippen LogP contribution in [0.1, 0.15) is 54.0 Å². The molecule has 0 aromatic heterocycles. The van der Waals surface area contributed by atoms with Crippen LogP contribution in [0, 0.1) is 0 Å². The zero-order chi connectivity index (χ0) is 17.0. The number of carbonyl (C=O) groups is 2. The molecule has 0 saturated heterocycles. The first kappa shape index (κ1) is 19.6. The molecule has 0 spiro atoms. The third kappa shape index (κ3) is 5.92. The number of carbonyl (C=O) groups excluding carboxylic acids is 1. The molecule has 2 aromatic rings. The topological polar surface area (TPSA) is 54.4 Å². The van der Waals surface area contributed by atoms with E-state index in [1.807, 2.05) is 58.0 Å². The quantitative estimate of drug-likeness (QED) is 0.820. The van der Waals surface area contributed by atoms with Crippen LogP contribution >= 0.6 is 0 Å². The van der Waals surface area contributed by atoms with Crippen molar-refractivity contribution in [2.75, 3.05) is 0 Å². The van der Waals surface area contributed by atoms with Crippen molar-refractivity contribution in [1.29, 1.82) is 0 Å². The normalized spacial score (nSPS) is 8.73. The maximum absolute atomic E-state index is 12.1. The molecule has 0 saturated carbocycles. The van der Waals surface area contributed by atoms with Gasteiger partial charge in [-0.2, -0.15) is 0 Å². The Morgan fingerprint density at radius 2 is 1.23 bits per heavy atom. The van der Waals surface area contributed by atoms with Crippen molar-refractivity contribution < 1.29 is 14.7 Å². The molecule has 118 valence electrons. The fraction of sp³-hybridized carbons (Fsp3) is 0.263. The molecule has 1 N–H and O–H groups in total. The molecular formula is C19H24O3. The minimum Gasteiger partial charge on any atom is -0.478 e. The van der Waals surface area contributed by atoms with E-state index in [-0.39, 0.29) is 23.3 Å². The van der Waals surface area contributed by atoms with Gasteiger partial charge in [0.25, 0.3) is 0 Å². The lowest BCUT2D eigenvalue weighted by molar-refractivity contribution is 0.0692. The molecule has 0 heterocycles. The summed E-state index contributed by atoms with van der Waals surface area (Å²) < 4.78 is 0. The summed E-state index contributed by atoms with van der Waals surface area (Å²) in [6.07, 6.45) is 0.213. The highest BCUT2D eigenvalue weighted by atomic mass is 16.4. The number of hydrogen-bond donors (Lipinski definition) is 1. The van der Waals surface area contributed by atoms with Crippen molar-refractivity contribution in [1.82, 2.24) is 0 Å². The molecule has 3 heteroatoms. The summed E-state index contributed by atoms with van der Waals surface area (Å²) in [5.74, 6) is -1.26. The Morgan fingerprint density at radius 1 is 0.773 bits per heavy atom. The van der Waals surface area contributed by atoms with Gasteiger partial charge in [0.1, 0.15) is 0 Å². The van der Waals surface area contributed by atoms with E-state index < -0.39 is 5.97 Å². The number of benzene rings is 2. The second kappa shape index (κ2) is 11.3. The Kier molecular flexibility index (Phi) is 10.0. The maximum atomic E-state index is 12.1. The van der Waals surface area contributed by atoms with E-state index in [9.17, 15) is 9.59 Å². The van der Waals surface area contributed by atoms with E-state index in [0.717, 1.165) is 5.56 Å². The molecule has 0 aliphatic rings. The van der Waals surface area contributed by atoms with Crippen LogP contribution in [0.15, 0.2) is 54.6 Å². The lowest BCUT2D eigenvalue weighted by Gasteiger charge is -2.05. The van der Waals surface area contributed by atoms with Crippen LogP contribution in [0.3, 0.4) is 0 Å². The van der Waals surface area contributed by atoms with Crippen LogP contribution in [0.25, 0.3) is 0 Å². The Balaban J connectivity index is 0.00000102. The van der Waals surface area contributed by atoms with Gasteiger partial charge in [-0.3, -0.25) is 4.79 Å². The van der Waals surface area contributed by atoms with Gasteiger partial charge in [-0.05, 0) is 11.6 Å². The molecule has 0 fully saturated rings. The van der Waals surface area contributed by atoms with Gasteiger partial charge in [0.15, 0.2) is 5.78 Å². The number of carboxylic acids is 1. The number of ketones is 1. The monoisotopic (exact) mass is 300 g/mol. The fourth-order valence-corrected chi connectivity index (χ4v) is 1.79. The first-order valence-corrected chi connectivity index (χ1v) is 7.58. The average Bonchev–Trinajstić information content (AvgIpc) is 2.59. The van der Waals surface area contributed by atoms with Gasteiger partial charge >= 0.3 is 5.97 Å². The highest BCUT2D eigenvalue weighted by Gasteiger charge is 2.15. The predicted octanol–water partition coefficient (Wildman–Crippen LogP) is 4.86. The smallest absolute Gasteiger partial charge is 0.336 e. The Labute approximate surface area is 132 Å². The molecule has 0 bridgehead atoms. The van der Waals surface area contributed by atoms with E-state index in [2.05, 4.69) is 0 Å². The van der Waals surface area contributed by atoms with Gasteiger partial charge in [0.2, 0.25) is 0 Å². The Hall–Kier alpha value is -2.42. The van der Waals surface area contributed by atoms with Crippen LogP contribution in [-0.4, -0.2) is 16.9 Å². The van der Waals surface area contributed by atoms with Gasteiger partial charge in [-0.1, -0.05) is 76.2 Å². The van der Waals surface area contributed by atoms with Gasteiger partial charge in [0.05, 0.1) is 5.56 Å². The van der Waals surface area contributed by atoms with Crippen LogP contribution in [0.2, 0.25) is 0 Å². The van der Waals surface area contributed by atoms with E-state index >= 15 is 0 Å². The summed E-state index contributed by atoms with van der Waals surface area (Å²) in [5, 5.41) is 9.03. The molecule has 0 atom stereocenters. The molecule has 0 radical (unpaired) electrons. The van der Waals surface area contributed by atoms with Gasteiger partial charge < -0.3 is 5.11 Å². The van der Waals surface area contributed by atoms with Gasteiger partial charge in [0, 0.05) is 12.0 Å². The van der Waals surface area contributed by atoms with Crippen molar-refractivity contribution in [2.45, 2.75) is 34.1 Å². The standard InChI is InChI=1S/C15H12O3.2C2H6/c16-14(10-11-6-2-1-3-7-11)12-8-4-5-9-13(12)15(17)18;2*1-2/h1-9H,10H2,(H,17,18);2*1-2H3. The zero-order valence-corrected chi connectivity index (χ0v) is 13.7. The van der Waals surface area contributed by atoms with Crippen LogP contribution in [-0.2, 0) is 6.42 Å². The first-order valence-electron chi connectivity index (χ1n) is 7.58. The first-order chi connectivity index (χ1) is 10.7. The summed E-state index contributed by atoms with van der Waals surface area (Å²) in [6, 6.07) is 15.6. The van der Waals surface area contributed by atoms with Gasteiger partial charge in [-0.15, -0.1) is 0 Å². The SMILES string of the molecule is CC.CC.O=C(O)c1ccccc1C(=O)Cc1ccccc1. The van der Waals surface area contributed by atoms with Gasteiger partial charge in [-0.25, -0.2) is 4.79 Å². The summed E-state index contributed by atoms with van der Waals surface area (Å²) in [5.41, 5.74) is 1.19. The molecule has 3 nitrogen and oxygen atoms in total. The molecule has 0 amide bonds. The second-order valence-electron chi connectivity index (χ2n) is 3.94. The summed E-state index contributed by atoms with van der Waals surface area (Å²) in [4.78, 5) is 23.1. The number of Topliss-reactive ketones (excluding diaryl/α,β-unsaturated/α-hetero) is 1. The highest BCUT2D eigenvalue weighted by molar-refractivity contribution is 6.06. The van der Waals surface area contributed by atoms with Crippen molar-refractivity contribution in [3.63, 3.8) is 0 Å². The fourth-order valence-electron chi connectivity index (χ4n) is 1.79. The molecule has 22 heavy (non-hydrogen) atoms. The molecule has 0 aliphatic carbocycles. The molecular weight excluding hydrogens is 276 g/mol. The van der Waals surface area contributed by atoms with Crippen molar-refractivity contribution in [3.8, 4) is 0 Å². The lowest BCUT2D eigenvalue weighted by Crippen LogP contribution is -2.10. The summed E-state index contributed by atoms with van der Waals surface area (Å²) in [7, 11) is 0. The number of aromatic carboxylic acids is 1. The lowest BCUT2D eigenvalue weighted by atomic mass is 9.98. The van der Waals surface area contributed by atoms with Crippen LogP contribution < -0.4 is 0 Å². The predicted molar refractivity (Wildman–Crippen MR) is 90.6 cm³/mol. The second-order valence-corrected chi connectivity index (χ2v) is 3.94. The molecule has 2 rings (SSSR count). The summed E-state index contributed by atoms with van der Waals surface area (Å²) >= 11 is 0. The Morgan fingerprint density at radius 3 is 1.73 bits per heavy atom. The van der Waals surface area contributed by atoms with Crippen LogP contribution in [0.4, 0.5) is 0 Å². The highest BCUT2D eigenvalue weighted by Crippen LogP contribution is 2.12. The van der Waals surface area contributed by atoms with Crippen molar-refractivity contribution >= 4 is 11.8 Å². The number of hydrogen-bond acceptors (Lipinski definition) is 2. The number of carboxylic acid groups (broad SMARTS) is 1. The Bertz CT molecular complexity index is 574. The number of rotatable bonds is 4. The molecule has 2 aromatic carbocycles. The average molecular weight is 300 g/mol. The molecule has 0 unspecified atom stereocenters. The van der Waals surface area contributed by atoms with E-state index in [4.69, 9.17) is 5.11 Å². The largest absolute Gasteiger partial charge is 0.478 e. The zero-order valence-electron chi connectivity index (χ0n) is 13.7. The van der Waals surface area contributed by atoms with E-state index in [1.165, 1.54) is 6.07 Å².